The van der Waals surface area contributed by atoms with Gasteiger partial charge in [-0.05, 0) is 52.0 Å². The Balaban J connectivity index is 2.85. The van der Waals surface area contributed by atoms with Crippen LogP contribution in [0.15, 0.2) is 24.3 Å². The first-order valence-corrected chi connectivity index (χ1v) is 6.64. The summed E-state index contributed by atoms with van der Waals surface area (Å²) in [6.07, 6.45) is 0. The average molecular weight is 283 g/mol. The number of nitrogens with zero attached hydrogens (tertiary/aromatic N) is 1. The van der Waals surface area contributed by atoms with E-state index in [1.165, 1.54) is 24.3 Å². The Kier molecular flexibility index (Phi) is 5.51. The Morgan fingerprint density at radius 2 is 1.90 bits per heavy atom. The van der Waals surface area contributed by atoms with Crippen LogP contribution >= 0.6 is 0 Å². The van der Waals surface area contributed by atoms with Gasteiger partial charge in [0.2, 0.25) is 0 Å². The second kappa shape index (κ2) is 6.70. The highest BCUT2D eigenvalue weighted by molar-refractivity contribution is 5.85. The average Bonchev–Trinajstić information content (AvgIpc) is 2.37. The molecule has 0 aliphatic carbocycles. The summed E-state index contributed by atoms with van der Waals surface area (Å²) in [6, 6.07) is 5.49. The maximum atomic E-state index is 12.9. The number of aliphatic hydroxyl groups excluding tert-OH is 1. The summed E-state index contributed by atoms with van der Waals surface area (Å²) in [5.74, 6) is -0.145. The van der Waals surface area contributed by atoms with Crippen LogP contribution in [0.4, 0.5) is 4.39 Å². The quantitative estimate of drug-likeness (QED) is 0.871. The van der Waals surface area contributed by atoms with E-state index in [-0.39, 0.29) is 30.9 Å². The monoisotopic (exact) mass is 283 g/mol. The van der Waals surface area contributed by atoms with Crippen LogP contribution in [0, 0.1) is 5.82 Å². The summed E-state index contributed by atoms with van der Waals surface area (Å²) in [7, 11) is 0. The lowest BCUT2D eigenvalue weighted by Gasteiger charge is -2.34. The third-order valence-electron chi connectivity index (χ3n) is 2.93. The number of benzene rings is 1. The van der Waals surface area contributed by atoms with Crippen molar-refractivity contribution in [1.82, 2.24) is 4.90 Å². The van der Waals surface area contributed by atoms with Crippen LogP contribution in [0.2, 0.25) is 0 Å². The zero-order valence-corrected chi connectivity index (χ0v) is 12.4. The molecule has 0 radical (unpaired) electrons. The Morgan fingerprint density at radius 3 is 2.35 bits per heavy atom. The molecule has 1 amide bonds. The van der Waals surface area contributed by atoms with E-state index in [2.05, 4.69) is 0 Å². The molecule has 4 nitrogen and oxygen atoms in total. The summed E-state index contributed by atoms with van der Waals surface area (Å²) in [5.41, 5.74) is -1.09. The SMILES string of the molecule is CC(C)N(CCO)C(=O)C(C)(C)Oc1ccc(F)cc1. The van der Waals surface area contributed by atoms with Crippen LogP contribution < -0.4 is 4.74 Å². The first kappa shape index (κ1) is 16.4. The summed E-state index contributed by atoms with van der Waals surface area (Å²) < 4.78 is 18.5. The predicted molar refractivity (Wildman–Crippen MR) is 75.0 cm³/mol. The number of hydrogen-bond donors (Lipinski definition) is 1. The summed E-state index contributed by atoms with van der Waals surface area (Å²) >= 11 is 0. The lowest BCUT2D eigenvalue weighted by atomic mass is 10.1. The van der Waals surface area contributed by atoms with Gasteiger partial charge in [-0.15, -0.1) is 0 Å². The number of carbonyl (C=O) groups is 1. The largest absolute Gasteiger partial charge is 0.478 e. The highest BCUT2D eigenvalue weighted by Crippen LogP contribution is 2.21. The molecule has 0 heterocycles. The first-order valence-electron chi connectivity index (χ1n) is 6.64. The van der Waals surface area contributed by atoms with E-state index in [0.29, 0.717) is 5.75 Å². The fourth-order valence-electron chi connectivity index (χ4n) is 1.89. The van der Waals surface area contributed by atoms with Crippen molar-refractivity contribution in [2.24, 2.45) is 0 Å². The molecule has 112 valence electrons. The van der Waals surface area contributed by atoms with Crippen molar-refractivity contribution in [1.29, 1.82) is 0 Å². The molecule has 0 spiro atoms. The maximum Gasteiger partial charge on any atom is 0.266 e. The van der Waals surface area contributed by atoms with Gasteiger partial charge in [0.15, 0.2) is 5.60 Å². The molecule has 0 fully saturated rings. The summed E-state index contributed by atoms with van der Waals surface area (Å²) in [5, 5.41) is 9.04. The summed E-state index contributed by atoms with van der Waals surface area (Å²) in [4.78, 5) is 14.0. The van der Waals surface area contributed by atoms with Crippen LogP contribution in [0.3, 0.4) is 0 Å². The normalized spacial score (nSPS) is 11.6. The predicted octanol–water partition coefficient (Wildman–Crippen LogP) is 2.21. The highest BCUT2D eigenvalue weighted by atomic mass is 19.1. The van der Waals surface area contributed by atoms with Crippen molar-refractivity contribution < 1.29 is 19.0 Å². The number of aliphatic hydroxyl groups is 1. The molecule has 0 atom stereocenters. The van der Waals surface area contributed by atoms with Crippen molar-refractivity contribution >= 4 is 5.91 Å². The van der Waals surface area contributed by atoms with Crippen molar-refractivity contribution in [3.63, 3.8) is 0 Å². The number of hydrogen-bond acceptors (Lipinski definition) is 3. The van der Waals surface area contributed by atoms with E-state index in [4.69, 9.17) is 9.84 Å². The van der Waals surface area contributed by atoms with Gasteiger partial charge in [0.25, 0.3) is 5.91 Å². The van der Waals surface area contributed by atoms with Gasteiger partial charge in [-0.25, -0.2) is 4.39 Å². The van der Waals surface area contributed by atoms with Gasteiger partial charge in [-0.1, -0.05) is 0 Å². The van der Waals surface area contributed by atoms with Crippen molar-refractivity contribution in [3.05, 3.63) is 30.1 Å². The van der Waals surface area contributed by atoms with E-state index in [1.807, 2.05) is 13.8 Å². The lowest BCUT2D eigenvalue weighted by molar-refractivity contribution is -0.147. The first-order chi connectivity index (χ1) is 9.27. The van der Waals surface area contributed by atoms with Crippen LogP contribution in [-0.2, 0) is 4.79 Å². The molecular weight excluding hydrogens is 261 g/mol. The van der Waals surface area contributed by atoms with Crippen LogP contribution in [0.5, 0.6) is 5.75 Å². The Morgan fingerprint density at radius 1 is 1.35 bits per heavy atom. The van der Waals surface area contributed by atoms with E-state index < -0.39 is 5.60 Å². The Bertz CT molecular complexity index is 443. The van der Waals surface area contributed by atoms with Crippen LogP contribution in [-0.4, -0.2) is 40.7 Å². The van der Waals surface area contributed by atoms with Crippen molar-refractivity contribution in [2.75, 3.05) is 13.2 Å². The number of amides is 1. The second-order valence-electron chi connectivity index (χ2n) is 5.38. The second-order valence-corrected chi connectivity index (χ2v) is 5.38. The molecule has 0 unspecified atom stereocenters. The van der Waals surface area contributed by atoms with Crippen LogP contribution in [0.1, 0.15) is 27.7 Å². The van der Waals surface area contributed by atoms with E-state index >= 15 is 0 Å². The number of rotatable bonds is 6. The summed E-state index contributed by atoms with van der Waals surface area (Å²) in [6.45, 7) is 7.23. The zero-order chi connectivity index (χ0) is 15.3. The van der Waals surface area contributed by atoms with Gasteiger partial charge in [-0.3, -0.25) is 4.79 Å². The Labute approximate surface area is 119 Å². The highest BCUT2D eigenvalue weighted by Gasteiger charge is 2.35. The molecule has 0 saturated carbocycles. The maximum absolute atomic E-state index is 12.9. The molecule has 0 aliphatic heterocycles. The van der Waals surface area contributed by atoms with E-state index in [9.17, 15) is 9.18 Å². The molecule has 0 aliphatic rings. The lowest BCUT2D eigenvalue weighted by Crippen LogP contribution is -2.52. The van der Waals surface area contributed by atoms with Gasteiger partial charge >= 0.3 is 0 Å². The third kappa shape index (κ3) is 4.20. The topological polar surface area (TPSA) is 49.8 Å². The molecule has 0 aromatic heterocycles. The molecule has 1 N–H and O–H groups in total. The minimum Gasteiger partial charge on any atom is -0.478 e. The van der Waals surface area contributed by atoms with E-state index in [1.54, 1.807) is 18.7 Å². The van der Waals surface area contributed by atoms with Crippen molar-refractivity contribution in [2.45, 2.75) is 39.3 Å². The minimum absolute atomic E-state index is 0.0363. The number of ether oxygens (including phenoxy) is 1. The number of carbonyl (C=O) groups excluding carboxylic acids is 1. The number of halogens is 1. The van der Waals surface area contributed by atoms with Crippen molar-refractivity contribution in [3.8, 4) is 5.75 Å². The van der Waals surface area contributed by atoms with Gasteiger partial charge in [-0.2, -0.15) is 0 Å². The van der Waals surface area contributed by atoms with Gasteiger partial charge < -0.3 is 14.7 Å². The fraction of sp³-hybridized carbons (Fsp3) is 0.533. The Hall–Kier alpha value is -1.62. The standard InChI is InChI=1S/C15H22FNO3/c1-11(2)17(9-10-18)14(19)15(3,4)20-13-7-5-12(16)6-8-13/h5-8,11,18H,9-10H2,1-4H3. The fourth-order valence-corrected chi connectivity index (χ4v) is 1.89. The van der Waals surface area contributed by atoms with Gasteiger partial charge in [0.05, 0.1) is 6.61 Å². The smallest absolute Gasteiger partial charge is 0.266 e. The zero-order valence-electron chi connectivity index (χ0n) is 12.4. The molecule has 20 heavy (non-hydrogen) atoms. The molecule has 0 bridgehead atoms. The van der Waals surface area contributed by atoms with Gasteiger partial charge in [0, 0.05) is 12.6 Å². The third-order valence-corrected chi connectivity index (χ3v) is 2.93. The molecule has 5 heteroatoms. The van der Waals surface area contributed by atoms with Gasteiger partial charge in [0.1, 0.15) is 11.6 Å². The van der Waals surface area contributed by atoms with Crippen LogP contribution in [0.25, 0.3) is 0 Å². The van der Waals surface area contributed by atoms with E-state index in [0.717, 1.165) is 0 Å². The molecule has 0 saturated heterocycles. The molecule has 1 aromatic carbocycles. The minimum atomic E-state index is -1.09. The molecule has 1 rings (SSSR count). The molecular formula is C15H22FNO3. The molecule has 1 aromatic rings.